The average Bonchev–Trinajstić information content (AvgIpc) is 2.89. The maximum atomic E-state index is 12.2. The fourth-order valence-electron chi connectivity index (χ4n) is 2.60. The number of phosphoric acid groups is 1. The second-order valence-electron chi connectivity index (χ2n) is 6.52. The minimum absolute atomic E-state index is 0.0868. The Morgan fingerprint density at radius 3 is 2.57 bits per heavy atom. The van der Waals surface area contributed by atoms with E-state index in [1.807, 2.05) is 0 Å². The van der Waals surface area contributed by atoms with Gasteiger partial charge in [-0.2, -0.15) is 4.98 Å². The molecule has 1 aromatic heterocycles. The Hall–Kier alpha value is -1.86. The molecule has 7 N–H and O–H groups in total. The van der Waals surface area contributed by atoms with Crippen molar-refractivity contribution in [3.63, 3.8) is 0 Å². The molecule has 1 fully saturated rings. The van der Waals surface area contributed by atoms with Crippen LogP contribution in [-0.4, -0.2) is 61.4 Å². The first kappa shape index (κ1) is 22.4. The molecule has 0 saturated carbocycles. The summed E-state index contributed by atoms with van der Waals surface area (Å²) in [5.41, 5.74) is 10.3. The van der Waals surface area contributed by atoms with Gasteiger partial charge < -0.3 is 35.8 Å². The maximum absolute atomic E-state index is 12.2. The molecule has 1 saturated heterocycles. The first-order valence-corrected chi connectivity index (χ1v) is 9.78. The third-order valence-corrected chi connectivity index (χ3v) is 4.61. The van der Waals surface area contributed by atoms with Gasteiger partial charge in [-0.1, -0.05) is 13.8 Å². The van der Waals surface area contributed by atoms with E-state index < -0.39 is 56.7 Å². The van der Waals surface area contributed by atoms with Crippen molar-refractivity contribution in [2.24, 2.45) is 11.7 Å². The number of carbonyl (C=O) groups excluding carboxylic acids is 1. The summed E-state index contributed by atoms with van der Waals surface area (Å²) in [6, 6.07) is 0.219. The second kappa shape index (κ2) is 8.66. The van der Waals surface area contributed by atoms with Crippen molar-refractivity contribution in [2.75, 3.05) is 12.3 Å². The van der Waals surface area contributed by atoms with Crippen molar-refractivity contribution in [3.8, 4) is 0 Å². The lowest BCUT2D eigenvalue weighted by atomic mass is 10.1. The molecule has 2 heterocycles. The molecule has 0 aliphatic carbocycles. The van der Waals surface area contributed by atoms with E-state index in [0.29, 0.717) is 0 Å². The number of nitrogen functional groups attached to an aromatic ring is 1. The van der Waals surface area contributed by atoms with Crippen LogP contribution in [0.4, 0.5) is 5.82 Å². The summed E-state index contributed by atoms with van der Waals surface area (Å²) in [5, 5.41) is 9.57. The normalized spacial score (nSPS) is 26.4. The molecule has 28 heavy (non-hydrogen) atoms. The second-order valence-corrected chi connectivity index (χ2v) is 7.71. The minimum atomic E-state index is -5.10. The molecule has 13 nitrogen and oxygen atoms in total. The monoisotopic (exact) mass is 422 g/mol. The fraction of sp³-hybridized carbons (Fsp3) is 0.643. The fourth-order valence-corrected chi connectivity index (χ4v) is 3.14. The Kier molecular flexibility index (Phi) is 6.93. The molecule has 0 bridgehead atoms. The molecule has 5 atom stereocenters. The molecule has 2 rings (SSSR count). The number of aromatic nitrogens is 2. The quantitative estimate of drug-likeness (QED) is 0.241. The number of anilines is 1. The van der Waals surface area contributed by atoms with Crippen molar-refractivity contribution < 1.29 is 38.3 Å². The van der Waals surface area contributed by atoms with E-state index in [2.05, 4.69) is 4.98 Å². The van der Waals surface area contributed by atoms with Crippen molar-refractivity contribution in [1.82, 2.24) is 9.55 Å². The molecule has 1 aromatic rings. The molecule has 14 heteroatoms. The van der Waals surface area contributed by atoms with Crippen LogP contribution < -0.4 is 17.2 Å². The van der Waals surface area contributed by atoms with Gasteiger partial charge in [-0.05, 0) is 12.0 Å². The summed E-state index contributed by atoms with van der Waals surface area (Å²) in [6.07, 6.45) is -4.62. The molecule has 0 radical (unpaired) electrons. The van der Waals surface area contributed by atoms with Gasteiger partial charge in [0.05, 0.1) is 6.61 Å². The molecule has 1 aliphatic heterocycles. The molecule has 158 valence electrons. The van der Waals surface area contributed by atoms with Gasteiger partial charge in [0.25, 0.3) is 0 Å². The summed E-state index contributed by atoms with van der Waals surface area (Å²) in [7, 11) is -5.10. The zero-order valence-corrected chi connectivity index (χ0v) is 16.0. The van der Waals surface area contributed by atoms with Crippen LogP contribution >= 0.6 is 7.82 Å². The van der Waals surface area contributed by atoms with E-state index in [9.17, 15) is 29.0 Å². The number of esters is 1. The summed E-state index contributed by atoms with van der Waals surface area (Å²) in [5.74, 6) is -1.26. The lowest BCUT2D eigenvalue weighted by Gasteiger charge is -2.26. The van der Waals surface area contributed by atoms with Crippen LogP contribution in [0.2, 0.25) is 0 Å². The number of nitrogens with two attached hydrogens (primary N) is 2. The highest BCUT2D eigenvalue weighted by Gasteiger charge is 2.51. The molecule has 0 spiro atoms. The number of rotatable bonds is 7. The van der Waals surface area contributed by atoms with E-state index in [4.69, 9.17) is 25.5 Å². The van der Waals surface area contributed by atoms with Gasteiger partial charge >= 0.3 is 19.5 Å². The molecule has 0 unspecified atom stereocenters. The predicted molar refractivity (Wildman–Crippen MR) is 93.5 cm³/mol. The lowest BCUT2D eigenvalue weighted by molar-refractivity contribution is -0.159. The number of hydrogen-bond donors (Lipinski definition) is 5. The molecule has 0 aromatic carbocycles. The maximum Gasteiger partial charge on any atom is 0.470 e. The molecule has 0 amide bonds. The largest absolute Gasteiger partial charge is 0.470 e. The Morgan fingerprint density at radius 1 is 1.43 bits per heavy atom. The Bertz CT molecular complexity index is 810. The van der Waals surface area contributed by atoms with Gasteiger partial charge in [-0.15, -0.1) is 0 Å². The number of hydrogen-bond acceptors (Lipinski definition) is 10. The minimum Gasteiger partial charge on any atom is -0.455 e. The first-order valence-electron chi connectivity index (χ1n) is 8.25. The van der Waals surface area contributed by atoms with E-state index in [0.717, 1.165) is 4.57 Å². The van der Waals surface area contributed by atoms with Gasteiger partial charge in [0, 0.05) is 6.20 Å². The summed E-state index contributed by atoms with van der Waals surface area (Å²) < 4.78 is 27.7. The Balaban J connectivity index is 2.42. The average molecular weight is 422 g/mol. The van der Waals surface area contributed by atoms with E-state index in [1.54, 1.807) is 13.8 Å². The third kappa shape index (κ3) is 5.14. The lowest BCUT2D eigenvalue weighted by Crippen LogP contribution is -2.45. The van der Waals surface area contributed by atoms with Crippen LogP contribution in [0.25, 0.3) is 0 Å². The van der Waals surface area contributed by atoms with Gasteiger partial charge in [-0.3, -0.25) is 13.9 Å². The van der Waals surface area contributed by atoms with Crippen LogP contribution in [0.15, 0.2) is 17.1 Å². The van der Waals surface area contributed by atoms with Gasteiger partial charge in [0.2, 0.25) is 0 Å². The van der Waals surface area contributed by atoms with Crippen molar-refractivity contribution in [1.29, 1.82) is 0 Å². The van der Waals surface area contributed by atoms with Crippen molar-refractivity contribution in [3.05, 3.63) is 22.7 Å². The first-order chi connectivity index (χ1) is 12.9. The topological polar surface area (TPSA) is 209 Å². The Morgan fingerprint density at radius 2 is 2.07 bits per heavy atom. The Labute approximate surface area is 159 Å². The SMILES string of the molecule is CC(C)[C@H](N)C(=O)O[C@H]1[C@@H](OP(=O)(O)O)[C@H](n2ccc(N)nc2=O)O[C@@H]1CO. The van der Waals surface area contributed by atoms with Crippen LogP contribution in [0.1, 0.15) is 20.1 Å². The van der Waals surface area contributed by atoms with E-state index in [-0.39, 0.29) is 11.7 Å². The highest BCUT2D eigenvalue weighted by molar-refractivity contribution is 7.46. The molecular weight excluding hydrogens is 399 g/mol. The van der Waals surface area contributed by atoms with Crippen molar-refractivity contribution >= 4 is 19.6 Å². The number of aliphatic hydroxyl groups is 1. The number of aliphatic hydroxyl groups excluding tert-OH is 1. The van der Waals surface area contributed by atoms with Crippen LogP contribution in [0.5, 0.6) is 0 Å². The van der Waals surface area contributed by atoms with Crippen LogP contribution in [0.3, 0.4) is 0 Å². The smallest absolute Gasteiger partial charge is 0.455 e. The zero-order chi connectivity index (χ0) is 21.2. The predicted octanol–water partition coefficient (Wildman–Crippen LogP) is -1.91. The van der Waals surface area contributed by atoms with E-state index in [1.165, 1.54) is 12.3 Å². The number of carbonyl (C=O) groups is 1. The summed E-state index contributed by atoms with van der Waals surface area (Å²) in [6.45, 7) is 2.66. The number of ether oxygens (including phenoxy) is 2. The van der Waals surface area contributed by atoms with Crippen LogP contribution in [-0.2, 0) is 23.4 Å². The summed E-state index contributed by atoms with van der Waals surface area (Å²) in [4.78, 5) is 46.3. The van der Waals surface area contributed by atoms with Gasteiger partial charge in [-0.25, -0.2) is 9.36 Å². The highest BCUT2D eigenvalue weighted by Crippen LogP contribution is 2.45. The van der Waals surface area contributed by atoms with Gasteiger partial charge in [0.1, 0.15) is 18.0 Å². The molecular formula is C14H23N4O9P. The third-order valence-electron chi connectivity index (χ3n) is 4.09. The van der Waals surface area contributed by atoms with Crippen molar-refractivity contribution in [2.45, 2.75) is 44.4 Å². The van der Waals surface area contributed by atoms with Gasteiger partial charge in [0.15, 0.2) is 18.4 Å². The number of nitrogens with zero attached hydrogens (tertiary/aromatic N) is 2. The van der Waals surface area contributed by atoms with E-state index >= 15 is 0 Å². The van der Waals surface area contributed by atoms with Crippen LogP contribution in [0, 0.1) is 5.92 Å². The standard InChI is InChI=1S/C14H23N4O9P/c1-6(2)9(16)13(20)26-10-7(5-19)25-12(11(10)27-28(22,23)24)18-4-3-8(15)17-14(18)21/h3-4,6-7,9-12,19H,5,16H2,1-2H3,(H2,15,17,21)(H2,22,23,24)/t7-,9+,10-,11-,12-/m1/s1. The number of phosphoric ester groups is 1. The highest BCUT2D eigenvalue weighted by atomic mass is 31.2. The molecule has 1 aliphatic rings. The zero-order valence-electron chi connectivity index (χ0n) is 15.1. The summed E-state index contributed by atoms with van der Waals surface area (Å²) >= 11 is 0.